The third kappa shape index (κ3) is 5.40. The number of methoxy groups -OCH3 is 2. The van der Waals surface area contributed by atoms with Crippen LogP contribution >= 0.6 is 0 Å². The van der Waals surface area contributed by atoms with Crippen molar-refractivity contribution < 1.29 is 23.9 Å². The Morgan fingerprint density at radius 1 is 0.744 bits per heavy atom. The number of nitrogens with zero attached hydrogens (tertiary/aromatic N) is 2. The van der Waals surface area contributed by atoms with Crippen LogP contribution in [-0.2, 0) is 4.74 Å². The van der Waals surface area contributed by atoms with E-state index in [0.717, 1.165) is 16.5 Å². The van der Waals surface area contributed by atoms with E-state index < -0.39 is 5.97 Å². The molecule has 8 nitrogen and oxygen atoms in total. The molecule has 1 aliphatic heterocycles. The standard InChI is InChI=1S/C31H29N3O5/c1-38-28-20-23-11-7-6-10-22(23)18-25(28)29(35)32-26-19-24(31(37)39-2)12-13-27(26)33-14-16-34(17-15-33)30(36)21-8-4-3-5-9-21/h3-13,18-20H,14-17H2,1-2H3,(H,32,35). The van der Waals surface area contributed by atoms with Gasteiger partial charge in [-0.3, -0.25) is 9.59 Å². The van der Waals surface area contributed by atoms with Crippen LogP contribution in [0.4, 0.5) is 11.4 Å². The van der Waals surface area contributed by atoms with Crippen LogP contribution in [0.2, 0.25) is 0 Å². The lowest BCUT2D eigenvalue weighted by atomic mass is 10.0. The van der Waals surface area contributed by atoms with Gasteiger partial charge >= 0.3 is 5.97 Å². The SMILES string of the molecule is COC(=O)c1ccc(N2CCN(C(=O)c3ccccc3)CC2)c(NC(=O)c2cc3ccccc3cc2OC)c1. The Morgan fingerprint density at radius 3 is 2.08 bits per heavy atom. The highest BCUT2D eigenvalue weighted by molar-refractivity contribution is 6.10. The molecule has 1 fully saturated rings. The molecule has 2 amide bonds. The van der Waals surface area contributed by atoms with Crippen LogP contribution in [0.3, 0.4) is 0 Å². The second-order valence-electron chi connectivity index (χ2n) is 9.22. The normalized spacial score (nSPS) is 13.2. The van der Waals surface area contributed by atoms with Crippen LogP contribution in [0.1, 0.15) is 31.1 Å². The number of anilines is 2. The van der Waals surface area contributed by atoms with Crippen molar-refractivity contribution in [2.24, 2.45) is 0 Å². The van der Waals surface area contributed by atoms with E-state index in [2.05, 4.69) is 10.2 Å². The number of carbonyl (C=O) groups excluding carboxylic acids is 3. The first kappa shape index (κ1) is 25.8. The Hall–Kier alpha value is -4.85. The van der Waals surface area contributed by atoms with E-state index in [4.69, 9.17) is 9.47 Å². The number of rotatable bonds is 6. The summed E-state index contributed by atoms with van der Waals surface area (Å²) in [6.07, 6.45) is 0. The van der Waals surface area contributed by atoms with Crippen molar-refractivity contribution in [1.82, 2.24) is 4.90 Å². The lowest BCUT2D eigenvalue weighted by Gasteiger charge is -2.37. The molecule has 0 aliphatic carbocycles. The van der Waals surface area contributed by atoms with Crippen LogP contribution in [-0.4, -0.2) is 63.1 Å². The molecule has 8 heteroatoms. The minimum absolute atomic E-state index is 0.00628. The fraction of sp³-hybridized carbons (Fsp3) is 0.194. The summed E-state index contributed by atoms with van der Waals surface area (Å²) < 4.78 is 10.4. The van der Waals surface area contributed by atoms with Gasteiger partial charge in [0.25, 0.3) is 11.8 Å². The maximum Gasteiger partial charge on any atom is 0.337 e. The highest BCUT2D eigenvalue weighted by Crippen LogP contribution is 2.32. The number of benzene rings is 4. The average Bonchev–Trinajstić information content (AvgIpc) is 3.00. The van der Waals surface area contributed by atoms with Gasteiger partial charge in [0.15, 0.2) is 0 Å². The maximum atomic E-state index is 13.5. The van der Waals surface area contributed by atoms with E-state index in [1.807, 2.05) is 65.6 Å². The molecule has 0 unspecified atom stereocenters. The number of nitrogens with one attached hydrogen (secondary N) is 1. The summed E-state index contributed by atoms with van der Waals surface area (Å²) >= 11 is 0. The summed E-state index contributed by atoms with van der Waals surface area (Å²) in [6.45, 7) is 2.19. The van der Waals surface area contributed by atoms with E-state index in [1.165, 1.54) is 14.2 Å². The van der Waals surface area contributed by atoms with Gasteiger partial charge in [0.05, 0.1) is 36.7 Å². The molecule has 39 heavy (non-hydrogen) atoms. The fourth-order valence-electron chi connectivity index (χ4n) is 4.83. The number of carbonyl (C=O) groups is 3. The zero-order valence-electron chi connectivity index (χ0n) is 21.8. The van der Waals surface area contributed by atoms with E-state index in [-0.39, 0.29) is 11.8 Å². The van der Waals surface area contributed by atoms with Crippen molar-refractivity contribution in [3.05, 3.63) is 102 Å². The molecule has 198 valence electrons. The number of esters is 1. The number of fused-ring (bicyclic) bond motifs is 1. The van der Waals surface area contributed by atoms with Gasteiger partial charge in [0.2, 0.25) is 0 Å². The lowest BCUT2D eigenvalue weighted by molar-refractivity contribution is 0.0600. The Labute approximate surface area is 226 Å². The number of ether oxygens (including phenoxy) is 2. The van der Waals surface area contributed by atoms with Gasteiger partial charge in [-0.1, -0.05) is 42.5 Å². The summed E-state index contributed by atoms with van der Waals surface area (Å²) in [5, 5.41) is 4.86. The minimum atomic E-state index is -0.501. The van der Waals surface area contributed by atoms with Gasteiger partial charge in [-0.15, -0.1) is 0 Å². The molecule has 1 heterocycles. The zero-order valence-corrected chi connectivity index (χ0v) is 21.8. The molecule has 0 spiro atoms. The molecular formula is C31H29N3O5. The minimum Gasteiger partial charge on any atom is -0.496 e. The highest BCUT2D eigenvalue weighted by Gasteiger charge is 2.25. The Morgan fingerprint density at radius 2 is 1.41 bits per heavy atom. The monoisotopic (exact) mass is 523 g/mol. The largest absolute Gasteiger partial charge is 0.496 e. The Kier molecular flexibility index (Phi) is 7.45. The molecule has 0 aromatic heterocycles. The van der Waals surface area contributed by atoms with Crippen molar-refractivity contribution in [2.75, 3.05) is 50.6 Å². The first-order valence-electron chi connectivity index (χ1n) is 12.7. The number of piperazine rings is 1. The second-order valence-corrected chi connectivity index (χ2v) is 9.22. The Bertz CT molecular complexity index is 1530. The molecule has 1 N–H and O–H groups in total. The van der Waals surface area contributed by atoms with E-state index >= 15 is 0 Å². The maximum absolute atomic E-state index is 13.5. The van der Waals surface area contributed by atoms with Gasteiger partial charge < -0.3 is 24.6 Å². The number of amides is 2. The number of hydrogen-bond acceptors (Lipinski definition) is 6. The summed E-state index contributed by atoms with van der Waals surface area (Å²) in [4.78, 5) is 42.7. The Balaban J connectivity index is 1.41. The predicted molar refractivity (Wildman–Crippen MR) is 151 cm³/mol. The molecule has 5 rings (SSSR count). The molecule has 0 bridgehead atoms. The van der Waals surface area contributed by atoms with Gasteiger partial charge in [0.1, 0.15) is 5.75 Å². The van der Waals surface area contributed by atoms with Crippen LogP contribution in [0, 0.1) is 0 Å². The number of hydrogen-bond donors (Lipinski definition) is 1. The van der Waals surface area contributed by atoms with Crippen molar-refractivity contribution in [2.45, 2.75) is 0 Å². The van der Waals surface area contributed by atoms with Crippen molar-refractivity contribution >= 4 is 39.9 Å². The van der Waals surface area contributed by atoms with Crippen molar-refractivity contribution in [3.63, 3.8) is 0 Å². The molecule has 0 radical (unpaired) electrons. The third-order valence-electron chi connectivity index (χ3n) is 6.91. The molecule has 4 aromatic rings. The van der Waals surface area contributed by atoms with E-state index in [0.29, 0.717) is 54.3 Å². The zero-order chi connectivity index (χ0) is 27.4. The summed E-state index contributed by atoms with van der Waals surface area (Å²) in [6, 6.07) is 25.7. The summed E-state index contributed by atoms with van der Waals surface area (Å²) in [5.41, 5.74) is 2.58. The van der Waals surface area contributed by atoms with E-state index in [1.54, 1.807) is 24.3 Å². The molecule has 0 atom stereocenters. The highest BCUT2D eigenvalue weighted by atomic mass is 16.5. The van der Waals surface area contributed by atoms with Crippen molar-refractivity contribution in [1.29, 1.82) is 0 Å². The lowest BCUT2D eigenvalue weighted by Crippen LogP contribution is -2.49. The smallest absolute Gasteiger partial charge is 0.337 e. The van der Waals surface area contributed by atoms with Gasteiger partial charge in [-0.05, 0) is 53.2 Å². The van der Waals surface area contributed by atoms with Crippen LogP contribution < -0.4 is 15.0 Å². The predicted octanol–water partition coefficient (Wildman–Crippen LogP) is 4.85. The molecule has 1 aliphatic rings. The first-order chi connectivity index (χ1) is 19.0. The average molecular weight is 524 g/mol. The second kappa shape index (κ2) is 11.3. The van der Waals surface area contributed by atoms with Crippen LogP contribution in [0.15, 0.2) is 84.9 Å². The topological polar surface area (TPSA) is 88.2 Å². The quantitative estimate of drug-likeness (QED) is 0.364. The fourth-order valence-corrected chi connectivity index (χ4v) is 4.83. The molecule has 1 saturated heterocycles. The third-order valence-corrected chi connectivity index (χ3v) is 6.91. The van der Waals surface area contributed by atoms with Gasteiger partial charge in [-0.2, -0.15) is 0 Å². The van der Waals surface area contributed by atoms with Crippen LogP contribution in [0.5, 0.6) is 5.75 Å². The molecule has 0 saturated carbocycles. The van der Waals surface area contributed by atoms with Crippen molar-refractivity contribution in [3.8, 4) is 5.75 Å². The molecule has 4 aromatic carbocycles. The van der Waals surface area contributed by atoms with Crippen LogP contribution in [0.25, 0.3) is 10.8 Å². The first-order valence-corrected chi connectivity index (χ1v) is 12.7. The molecular weight excluding hydrogens is 494 g/mol. The summed E-state index contributed by atoms with van der Waals surface area (Å²) in [7, 11) is 2.85. The van der Waals surface area contributed by atoms with Gasteiger partial charge in [-0.25, -0.2) is 4.79 Å². The van der Waals surface area contributed by atoms with E-state index in [9.17, 15) is 14.4 Å². The van der Waals surface area contributed by atoms with Gasteiger partial charge in [0, 0.05) is 31.7 Å². The summed E-state index contributed by atoms with van der Waals surface area (Å²) in [5.74, 6) is -0.421.